The molecule has 0 saturated carbocycles. The molecule has 0 spiro atoms. The van der Waals surface area contributed by atoms with Gasteiger partial charge in [0, 0.05) is 24.8 Å². The van der Waals surface area contributed by atoms with E-state index in [9.17, 15) is 0 Å². The highest BCUT2D eigenvalue weighted by Crippen LogP contribution is 2.23. The second kappa shape index (κ2) is 4.53. The first-order chi connectivity index (χ1) is 7.68. The summed E-state index contributed by atoms with van der Waals surface area (Å²) in [6, 6.07) is 4.42. The molecule has 2 heterocycles. The van der Waals surface area contributed by atoms with E-state index < -0.39 is 0 Å². The summed E-state index contributed by atoms with van der Waals surface area (Å²) < 4.78 is 7.34. The molecule has 0 fully saturated rings. The number of rotatable bonds is 4. The van der Waals surface area contributed by atoms with Gasteiger partial charge in [-0.25, -0.2) is 0 Å². The first kappa shape index (κ1) is 11.0. The Bertz CT molecular complexity index is 456. The van der Waals surface area contributed by atoms with Crippen molar-refractivity contribution in [3.63, 3.8) is 0 Å². The van der Waals surface area contributed by atoms with Crippen LogP contribution in [0.4, 0.5) is 0 Å². The van der Waals surface area contributed by atoms with Crippen molar-refractivity contribution in [3.05, 3.63) is 30.4 Å². The third kappa shape index (κ3) is 2.17. The quantitative estimate of drug-likeness (QED) is 0.857. The van der Waals surface area contributed by atoms with Gasteiger partial charge in [0.05, 0.1) is 18.5 Å². The minimum absolute atomic E-state index is 0.449. The van der Waals surface area contributed by atoms with Crippen LogP contribution in [0.25, 0.3) is 11.3 Å². The van der Waals surface area contributed by atoms with E-state index in [4.69, 9.17) is 4.42 Å². The van der Waals surface area contributed by atoms with Crippen LogP contribution in [0, 0.1) is 0 Å². The first-order valence-electron chi connectivity index (χ1n) is 5.46. The summed E-state index contributed by atoms with van der Waals surface area (Å²) in [5, 5.41) is 7.51. The molecule has 0 aliphatic heterocycles. The summed E-state index contributed by atoms with van der Waals surface area (Å²) >= 11 is 0. The molecule has 0 aromatic carbocycles. The zero-order valence-corrected chi connectivity index (χ0v) is 9.90. The van der Waals surface area contributed by atoms with Crippen molar-refractivity contribution < 1.29 is 4.42 Å². The minimum atomic E-state index is 0.449. The van der Waals surface area contributed by atoms with E-state index in [0.717, 1.165) is 23.6 Å². The SMILES string of the molecule is CC(C)NCc1occc1-c1ccnn1C. The summed E-state index contributed by atoms with van der Waals surface area (Å²) in [5.74, 6) is 0.956. The molecule has 0 aliphatic rings. The van der Waals surface area contributed by atoms with Crippen molar-refractivity contribution in [2.75, 3.05) is 0 Å². The number of hydrogen-bond donors (Lipinski definition) is 1. The van der Waals surface area contributed by atoms with E-state index in [2.05, 4.69) is 24.3 Å². The number of nitrogens with one attached hydrogen (secondary N) is 1. The van der Waals surface area contributed by atoms with E-state index >= 15 is 0 Å². The van der Waals surface area contributed by atoms with E-state index in [1.54, 1.807) is 12.5 Å². The lowest BCUT2D eigenvalue weighted by molar-refractivity contribution is 0.466. The van der Waals surface area contributed by atoms with Crippen LogP contribution in [0.1, 0.15) is 19.6 Å². The van der Waals surface area contributed by atoms with Crippen molar-refractivity contribution in [2.45, 2.75) is 26.4 Å². The second-order valence-corrected chi connectivity index (χ2v) is 4.13. The van der Waals surface area contributed by atoms with E-state index in [1.807, 2.05) is 23.9 Å². The lowest BCUT2D eigenvalue weighted by atomic mass is 10.2. The second-order valence-electron chi connectivity index (χ2n) is 4.13. The number of aryl methyl sites for hydroxylation is 1. The molecule has 16 heavy (non-hydrogen) atoms. The van der Waals surface area contributed by atoms with Gasteiger partial charge >= 0.3 is 0 Å². The Morgan fingerprint density at radius 2 is 2.25 bits per heavy atom. The third-order valence-corrected chi connectivity index (χ3v) is 2.51. The molecular weight excluding hydrogens is 202 g/mol. The van der Waals surface area contributed by atoms with Crippen LogP contribution in [0.2, 0.25) is 0 Å². The fourth-order valence-corrected chi connectivity index (χ4v) is 1.64. The molecule has 2 rings (SSSR count). The lowest BCUT2D eigenvalue weighted by Crippen LogP contribution is -2.21. The maximum atomic E-state index is 5.49. The van der Waals surface area contributed by atoms with Crippen molar-refractivity contribution in [3.8, 4) is 11.3 Å². The average Bonchev–Trinajstić information content (AvgIpc) is 2.82. The van der Waals surface area contributed by atoms with Gasteiger partial charge in [0.15, 0.2) is 0 Å². The Kier molecular flexibility index (Phi) is 3.10. The minimum Gasteiger partial charge on any atom is -0.467 e. The zero-order valence-electron chi connectivity index (χ0n) is 9.90. The molecule has 0 bridgehead atoms. The standard InChI is InChI=1S/C12H17N3O/c1-9(2)13-8-12-10(5-7-16-12)11-4-6-14-15(11)3/h4-7,9,13H,8H2,1-3H3. The Morgan fingerprint density at radius 1 is 1.44 bits per heavy atom. The lowest BCUT2D eigenvalue weighted by Gasteiger charge is -2.07. The molecule has 4 heteroatoms. The molecule has 1 N–H and O–H groups in total. The van der Waals surface area contributed by atoms with Crippen molar-refractivity contribution >= 4 is 0 Å². The molecule has 0 aliphatic carbocycles. The van der Waals surface area contributed by atoms with Gasteiger partial charge < -0.3 is 9.73 Å². The van der Waals surface area contributed by atoms with Crippen LogP contribution >= 0.6 is 0 Å². The van der Waals surface area contributed by atoms with Crippen LogP contribution in [-0.2, 0) is 13.6 Å². The van der Waals surface area contributed by atoms with Gasteiger partial charge in [-0.05, 0) is 12.1 Å². The largest absolute Gasteiger partial charge is 0.467 e. The molecule has 0 unspecified atom stereocenters. The highest BCUT2D eigenvalue weighted by Gasteiger charge is 2.11. The summed E-state index contributed by atoms with van der Waals surface area (Å²) in [6.07, 6.45) is 3.52. The Morgan fingerprint density at radius 3 is 2.88 bits per heavy atom. The molecular formula is C12H17N3O. The molecule has 86 valence electrons. The zero-order chi connectivity index (χ0) is 11.5. The fourth-order valence-electron chi connectivity index (χ4n) is 1.64. The highest BCUT2D eigenvalue weighted by atomic mass is 16.3. The summed E-state index contributed by atoms with van der Waals surface area (Å²) in [4.78, 5) is 0. The van der Waals surface area contributed by atoms with Gasteiger partial charge in [-0.1, -0.05) is 13.8 Å². The van der Waals surface area contributed by atoms with E-state index in [-0.39, 0.29) is 0 Å². The molecule has 2 aromatic heterocycles. The van der Waals surface area contributed by atoms with E-state index in [1.165, 1.54) is 0 Å². The maximum Gasteiger partial charge on any atom is 0.126 e. The normalized spacial score (nSPS) is 11.2. The number of aromatic nitrogens is 2. The number of hydrogen-bond acceptors (Lipinski definition) is 3. The predicted octanol–water partition coefficient (Wildman–Crippen LogP) is 2.18. The summed E-state index contributed by atoms with van der Waals surface area (Å²) in [6.45, 7) is 4.98. The third-order valence-electron chi connectivity index (χ3n) is 2.51. The van der Waals surface area contributed by atoms with Gasteiger partial charge in [-0.2, -0.15) is 5.10 Å². The van der Waals surface area contributed by atoms with E-state index in [0.29, 0.717) is 6.04 Å². The van der Waals surface area contributed by atoms with Crippen molar-refractivity contribution in [1.82, 2.24) is 15.1 Å². The molecule has 2 aromatic rings. The Balaban J connectivity index is 2.23. The van der Waals surface area contributed by atoms with Crippen LogP contribution in [-0.4, -0.2) is 15.8 Å². The smallest absolute Gasteiger partial charge is 0.126 e. The van der Waals surface area contributed by atoms with Crippen LogP contribution in [0.3, 0.4) is 0 Å². The topological polar surface area (TPSA) is 43.0 Å². The van der Waals surface area contributed by atoms with Gasteiger partial charge in [0.2, 0.25) is 0 Å². The fraction of sp³-hybridized carbons (Fsp3) is 0.417. The van der Waals surface area contributed by atoms with Crippen molar-refractivity contribution in [2.24, 2.45) is 7.05 Å². The van der Waals surface area contributed by atoms with Crippen molar-refractivity contribution in [1.29, 1.82) is 0 Å². The highest BCUT2D eigenvalue weighted by molar-refractivity contribution is 5.61. The van der Waals surface area contributed by atoms with Gasteiger partial charge in [-0.15, -0.1) is 0 Å². The Labute approximate surface area is 95.3 Å². The van der Waals surface area contributed by atoms with Gasteiger partial charge in [0.25, 0.3) is 0 Å². The molecule has 0 radical (unpaired) electrons. The Hall–Kier alpha value is -1.55. The number of nitrogens with zero attached hydrogens (tertiary/aromatic N) is 2. The molecule has 0 amide bonds. The van der Waals surface area contributed by atoms with Crippen LogP contribution < -0.4 is 5.32 Å². The van der Waals surface area contributed by atoms with Gasteiger partial charge in [0.1, 0.15) is 5.76 Å². The van der Waals surface area contributed by atoms with Crippen LogP contribution in [0.5, 0.6) is 0 Å². The number of furan rings is 1. The van der Waals surface area contributed by atoms with Crippen LogP contribution in [0.15, 0.2) is 29.0 Å². The summed E-state index contributed by atoms with van der Waals surface area (Å²) in [7, 11) is 1.93. The monoisotopic (exact) mass is 219 g/mol. The molecule has 0 atom stereocenters. The molecule has 0 saturated heterocycles. The average molecular weight is 219 g/mol. The predicted molar refractivity (Wildman–Crippen MR) is 62.9 cm³/mol. The first-order valence-corrected chi connectivity index (χ1v) is 5.46. The van der Waals surface area contributed by atoms with Gasteiger partial charge in [-0.3, -0.25) is 4.68 Å². The summed E-state index contributed by atoms with van der Waals surface area (Å²) in [5.41, 5.74) is 2.18. The molecule has 4 nitrogen and oxygen atoms in total. The maximum absolute atomic E-state index is 5.49.